The van der Waals surface area contributed by atoms with Crippen molar-refractivity contribution in [2.75, 3.05) is 77.6 Å². The van der Waals surface area contributed by atoms with E-state index in [1.807, 2.05) is 37.4 Å². The molecule has 0 atom stereocenters. The molecular weight excluding hydrogens is 426 g/mol. The van der Waals surface area contributed by atoms with Gasteiger partial charge in [0.2, 0.25) is 0 Å². The Morgan fingerprint density at radius 2 is 1.76 bits per heavy atom. The predicted molar refractivity (Wildman–Crippen MR) is 141 cm³/mol. The first kappa shape index (κ1) is 25.6. The smallest absolute Gasteiger partial charge is 0.141 e. The molecule has 8 heteroatoms. The molecule has 1 aromatic heterocycles. The second kappa shape index (κ2) is 13.0. The number of anilines is 3. The fourth-order valence-corrected chi connectivity index (χ4v) is 3.81. The van der Waals surface area contributed by atoms with Crippen molar-refractivity contribution in [3.8, 4) is 0 Å². The normalized spacial score (nSPS) is 14.5. The maximum atomic E-state index is 10.3. The van der Waals surface area contributed by atoms with Gasteiger partial charge in [0.15, 0.2) is 0 Å². The number of aromatic nitrogens is 2. The molecule has 0 saturated carbocycles. The minimum absolute atomic E-state index is 0.599. The van der Waals surface area contributed by atoms with Gasteiger partial charge in [0.25, 0.3) is 0 Å². The van der Waals surface area contributed by atoms with Crippen LogP contribution in [0, 0.1) is 6.92 Å². The molecule has 4 rings (SSSR count). The molecule has 1 aliphatic heterocycles. The van der Waals surface area contributed by atoms with Gasteiger partial charge in [0.05, 0.1) is 12.1 Å². The number of carbonyl (C=O) groups excluding carboxylic acids is 1. The minimum Gasteiger partial charge on any atom is -0.388 e. The molecule has 2 aromatic carbocycles. The van der Waals surface area contributed by atoms with Crippen molar-refractivity contribution >= 4 is 34.4 Å². The summed E-state index contributed by atoms with van der Waals surface area (Å²) >= 11 is 0. The molecule has 3 aromatic rings. The summed E-state index contributed by atoms with van der Waals surface area (Å²) in [6.07, 6.45) is 2.58. The molecule has 2 heterocycles. The Morgan fingerprint density at radius 3 is 2.44 bits per heavy atom. The fourth-order valence-electron chi connectivity index (χ4n) is 3.81. The Balaban J connectivity index is 0.000000204. The lowest BCUT2D eigenvalue weighted by Gasteiger charge is -2.34. The zero-order valence-electron chi connectivity index (χ0n) is 20.8. The van der Waals surface area contributed by atoms with Crippen molar-refractivity contribution in [1.82, 2.24) is 24.7 Å². The molecule has 0 spiro atoms. The summed E-state index contributed by atoms with van der Waals surface area (Å²) in [6.45, 7) is 9.20. The number of likely N-dealkylation sites (N-methyl/N-ethyl adjacent to an activating group) is 1. The third-order valence-electron chi connectivity index (χ3n) is 5.87. The SMILES string of the molecule is CN(C)CCN1CCN(CC=O)CC1.CNc1ccc2ncnc(Nc3cccc(C)c3)c2c1. The lowest BCUT2D eigenvalue weighted by molar-refractivity contribution is -0.109. The second-order valence-electron chi connectivity index (χ2n) is 8.81. The van der Waals surface area contributed by atoms with E-state index in [1.54, 1.807) is 6.33 Å². The average molecular weight is 464 g/mol. The van der Waals surface area contributed by atoms with Gasteiger partial charge in [-0.1, -0.05) is 12.1 Å². The second-order valence-corrected chi connectivity index (χ2v) is 8.81. The molecule has 34 heavy (non-hydrogen) atoms. The summed E-state index contributed by atoms with van der Waals surface area (Å²) < 4.78 is 0. The van der Waals surface area contributed by atoms with Crippen molar-refractivity contribution in [1.29, 1.82) is 0 Å². The Hall–Kier alpha value is -3.07. The van der Waals surface area contributed by atoms with E-state index in [1.165, 1.54) is 5.56 Å². The molecule has 0 radical (unpaired) electrons. The van der Waals surface area contributed by atoms with E-state index >= 15 is 0 Å². The third kappa shape index (κ3) is 7.76. The number of aryl methyl sites for hydroxylation is 1. The van der Waals surface area contributed by atoms with Crippen LogP contribution in [0.5, 0.6) is 0 Å². The number of benzene rings is 2. The van der Waals surface area contributed by atoms with Crippen LogP contribution in [-0.2, 0) is 4.79 Å². The van der Waals surface area contributed by atoms with Gasteiger partial charge in [0, 0.05) is 63.1 Å². The van der Waals surface area contributed by atoms with Crippen LogP contribution in [0.3, 0.4) is 0 Å². The van der Waals surface area contributed by atoms with Crippen LogP contribution < -0.4 is 10.6 Å². The average Bonchev–Trinajstić information content (AvgIpc) is 2.84. The summed E-state index contributed by atoms with van der Waals surface area (Å²) in [5.41, 5.74) is 4.21. The van der Waals surface area contributed by atoms with E-state index in [9.17, 15) is 4.79 Å². The van der Waals surface area contributed by atoms with Crippen LogP contribution in [0.1, 0.15) is 5.56 Å². The van der Waals surface area contributed by atoms with Crippen molar-refractivity contribution in [3.05, 3.63) is 54.4 Å². The number of piperazine rings is 1. The number of hydrogen-bond donors (Lipinski definition) is 2. The lowest BCUT2D eigenvalue weighted by Crippen LogP contribution is -2.48. The van der Waals surface area contributed by atoms with Gasteiger partial charge in [0.1, 0.15) is 18.4 Å². The molecule has 2 N–H and O–H groups in total. The van der Waals surface area contributed by atoms with Gasteiger partial charge in [-0.2, -0.15) is 0 Å². The van der Waals surface area contributed by atoms with Gasteiger partial charge in [-0.05, 0) is 56.9 Å². The first-order valence-corrected chi connectivity index (χ1v) is 11.8. The van der Waals surface area contributed by atoms with Crippen LogP contribution in [0.4, 0.5) is 17.2 Å². The maximum absolute atomic E-state index is 10.3. The highest BCUT2D eigenvalue weighted by Gasteiger charge is 2.15. The van der Waals surface area contributed by atoms with Crippen molar-refractivity contribution < 1.29 is 4.79 Å². The highest BCUT2D eigenvalue weighted by atomic mass is 16.1. The predicted octanol–water partition coefficient (Wildman–Crippen LogP) is 3.09. The molecule has 0 amide bonds. The highest BCUT2D eigenvalue weighted by molar-refractivity contribution is 5.92. The number of aldehydes is 1. The van der Waals surface area contributed by atoms with Crippen LogP contribution in [-0.4, -0.2) is 97.9 Å². The molecule has 1 aliphatic rings. The van der Waals surface area contributed by atoms with Crippen LogP contribution in [0.25, 0.3) is 10.9 Å². The zero-order chi connectivity index (χ0) is 24.3. The summed E-state index contributed by atoms with van der Waals surface area (Å²) in [6, 6.07) is 14.3. The van der Waals surface area contributed by atoms with Gasteiger partial charge >= 0.3 is 0 Å². The third-order valence-corrected chi connectivity index (χ3v) is 5.87. The number of fused-ring (bicyclic) bond motifs is 1. The van der Waals surface area contributed by atoms with E-state index in [0.717, 1.165) is 73.7 Å². The standard InChI is InChI=1S/C16H16N4.C10H21N3O/c1-11-4-3-5-13(8-11)20-16-14-9-12(17-2)6-7-15(14)18-10-19-16;1-11(2)3-4-12-5-7-13(8-6-12)9-10-14/h3-10,17H,1-2H3,(H,18,19,20);10H,3-9H2,1-2H3. The molecule has 1 saturated heterocycles. The van der Waals surface area contributed by atoms with Crippen molar-refractivity contribution in [2.24, 2.45) is 0 Å². The summed E-state index contributed by atoms with van der Waals surface area (Å²) in [5.74, 6) is 0.817. The molecule has 1 fully saturated rings. The largest absolute Gasteiger partial charge is 0.388 e. The number of nitrogens with zero attached hydrogens (tertiary/aromatic N) is 5. The lowest BCUT2D eigenvalue weighted by atomic mass is 10.2. The number of carbonyl (C=O) groups is 1. The maximum Gasteiger partial charge on any atom is 0.141 e. The number of rotatable bonds is 8. The monoisotopic (exact) mass is 463 g/mol. The molecule has 182 valence electrons. The summed E-state index contributed by atoms with van der Waals surface area (Å²) in [5, 5.41) is 7.50. The molecule has 8 nitrogen and oxygen atoms in total. The molecule has 0 unspecified atom stereocenters. The first-order chi connectivity index (χ1) is 16.5. The molecular formula is C26H37N7O. The van der Waals surface area contributed by atoms with Crippen LogP contribution in [0.2, 0.25) is 0 Å². The van der Waals surface area contributed by atoms with E-state index in [0.29, 0.717) is 6.54 Å². The van der Waals surface area contributed by atoms with Gasteiger partial charge in [-0.3, -0.25) is 9.80 Å². The number of hydrogen-bond acceptors (Lipinski definition) is 8. The molecule has 0 bridgehead atoms. The van der Waals surface area contributed by atoms with Gasteiger partial charge in [-0.15, -0.1) is 0 Å². The van der Waals surface area contributed by atoms with Gasteiger partial charge < -0.3 is 20.3 Å². The number of nitrogens with one attached hydrogen (secondary N) is 2. The van der Waals surface area contributed by atoms with Crippen LogP contribution in [0.15, 0.2) is 48.8 Å². The Morgan fingerprint density at radius 1 is 1.00 bits per heavy atom. The minimum atomic E-state index is 0.599. The zero-order valence-corrected chi connectivity index (χ0v) is 20.8. The highest BCUT2D eigenvalue weighted by Crippen LogP contribution is 2.25. The Labute approximate surface area is 203 Å². The quantitative estimate of drug-likeness (QED) is 0.494. The Kier molecular flexibility index (Phi) is 9.75. The van der Waals surface area contributed by atoms with E-state index < -0.39 is 0 Å². The first-order valence-electron chi connectivity index (χ1n) is 11.8. The van der Waals surface area contributed by atoms with E-state index in [4.69, 9.17) is 0 Å². The van der Waals surface area contributed by atoms with Crippen LogP contribution >= 0.6 is 0 Å². The van der Waals surface area contributed by atoms with Crippen molar-refractivity contribution in [2.45, 2.75) is 6.92 Å². The van der Waals surface area contributed by atoms with E-state index in [2.05, 4.69) is 68.5 Å². The van der Waals surface area contributed by atoms with E-state index in [-0.39, 0.29) is 0 Å². The summed E-state index contributed by atoms with van der Waals surface area (Å²) in [4.78, 5) is 25.8. The summed E-state index contributed by atoms with van der Waals surface area (Å²) in [7, 11) is 6.10. The topological polar surface area (TPSA) is 76.6 Å². The van der Waals surface area contributed by atoms with Crippen molar-refractivity contribution in [3.63, 3.8) is 0 Å². The Bertz CT molecular complexity index is 1050. The fraction of sp³-hybridized carbons (Fsp3) is 0.423. The molecule has 0 aliphatic carbocycles. The van der Waals surface area contributed by atoms with Gasteiger partial charge in [-0.25, -0.2) is 9.97 Å².